The van der Waals surface area contributed by atoms with Crippen LogP contribution in [0.3, 0.4) is 0 Å². The Balaban J connectivity index is 1.88. The van der Waals surface area contributed by atoms with E-state index in [-0.39, 0.29) is 22.5 Å². The van der Waals surface area contributed by atoms with Crippen molar-refractivity contribution in [3.05, 3.63) is 52.7 Å². The standard InChI is InChI=1S/C21H20O10/c22-8-13-15(25)17(27)18(28)21(30-13)31-20-16(26)14-11(24)6-10(23)7-12(14)29-19(20)9-4-2-1-3-5-9/h1-7,13,15,17-18,21-25,27-28H,8H2/t13-,15-,17+,18-,21+/m0/s1. The Morgan fingerprint density at radius 3 is 2.35 bits per heavy atom. The van der Waals surface area contributed by atoms with Gasteiger partial charge < -0.3 is 44.5 Å². The molecule has 0 saturated carbocycles. The zero-order valence-electron chi connectivity index (χ0n) is 16.0. The number of rotatable bonds is 4. The smallest absolute Gasteiger partial charge is 0.239 e. The van der Waals surface area contributed by atoms with Gasteiger partial charge in [0.2, 0.25) is 17.5 Å². The number of aliphatic hydroxyl groups excluding tert-OH is 4. The Labute approximate surface area is 174 Å². The average molecular weight is 432 g/mol. The lowest BCUT2D eigenvalue weighted by Gasteiger charge is -2.39. The van der Waals surface area contributed by atoms with E-state index in [0.717, 1.165) is 12.1 Å². The molecule has 10 nitrogen and oxygen atoms in total. The Morgan fingerprint density at radius 1 is 0.968 bits per heavy atom. The first-order valence-corrected chi connectivity index (χ1v) is 9.37. The summed E-state index contributed by atoms with van der Waals surface area (Å²) in [6.07, 6.45) is -7.97. The van der Waals surface area contributed by atoms with E-state index < -0.39 is 54.2 Å². The van der Waals surface area contributed by atoms with E-state index in [1.165, 1.54) is 0 Å². The van der Waals surface area contributed by atoms with Crippen molar-refractivity contribution in [3.63, 3.8) is 0 Å². The molecule has 5 atom stereocenters. The molecule has 0 bridgehead atoms. The molecule has 1 saturated heterocycles. The maximum absolute atomic E-state index is 13.2. The number of fused-ring (bicyclic) bond motifs is 1. The fourth-order valence-corrected chi connectivity index (χ4v) is 3.44. The quantitative estimate of drug-likeness (QED) is 0.331. The zero-order chi connectivity index (χ0) is 22.3. The van der Waals surface area contributed by atoms with Crippen LogP contribution in [0.1, 0.15) is 0 Å². The molecule has 0 spiro atoms. The first-order valence-electron chi connectivity index (χ1n) is 9.37. The second kappa shape index (κ2) is 8.17. The number of hydrogen-bond acceptors (Lipinski definition) is 10. The molecular formula is C21H20O10. The molecule has 0 amide bonds. The van der Waals surface area contributed by atoms with E-state index in [1.54, 1.807) is 30.3 Å². The molecule has 0 radical (unpaired) electrons. The number of phenols is 2. The van der Waals surface area contributed by atoms with Gasteiger partial charge >= 0.3 is 0 Å². The van der Waals surface area contributed by atoms with E-state index in [1.807, 2.05) is 0 Å². The molecule has 0 aliphatic carbocycles. The fourth-order valence-electron chi connectivity index (χ4n) is 3.44. The van der Waals surface area contributed by atoms with Crippen LogP contribution in [0.25, 0.3) is 22.3 Å². The van der Waals surface area contributed by atoms with Crippen molar-refractivity contribution < 1.29 is 44.5 Å². The van der Waals surface area contributed by atoms with Gasteiger partial charge in [0, 0.05) is 17.7 Å². The van der Waals surface area contributed by atoms with Gasteiger partial charge in [0.15, 0.2) is 5.76 Å². The normalized spacial score (nSPS) is 26.1. The number of phenolic OH excluding ortho intramolecular Hbond substituents is 2. The molecule has 3 aromatic rings. The summed E-state index contributed by atoms with van der Waals surface area (Å²) in [5.74, 6) is -1.40. The molecule has 0 unspecified atom stereocenters. The summed E-state index contributed by atoms with van der Waals surface area (Å²) in [6, 6.07) is 10.4. The predicted octanol–water partition coefficient (Wildman–Crippen LogP) is 0.0499. The lowest BCUT2D eigenvalue weighted by molar-refractivity contribution is -0.277. The highest BCUT2D eigenvalue weighted by molar-refractivity contribution is 5.88. The first kappa shape index (κ1) is 21.1. The number of benzene rings is 2. The van der Waals surface area contributed by atoms with Gasteiger partial charge in [-0.15, -0.1) is 0 Å². The summed E-state index contributed by atoms with van der Waals surface area (Å²) in [4.78, 5) is 13.2. The van der Waals surface area contributed by atoms with Crippen LogP contribution in [-0.2, 0) is 4.74 Å². The van der Waals surface area contributed by atoms with Gasteiger partial charge in [-0.3, -0.25) is 4.79 Å². The molecular weight excluding hydrogens is 412 g/mol. The minimum absolute atomic E-state index is 0.0833. The van der Waals surface area contributed by atoms with Crippen molar-refractivity contribution >= 4 is 11.0 Å². The Hall–Kier alpha value is -3.15. The average Bonchev–Trinajstić information content (AvgIpc) is 2.75. The maximum atomic E-state index is 13.2. The minimum atomic E-state index is -1.76. The summed E-state index contributed by atoms with van der Waals surface area (Å²) in [6.45, 7) is -0.678. The van der Waals surface area contributed by atoms with Crippen molar-refractivity contribution in [1.82, 2.24) is 0 Å². The van der Waals surface area contributed by atoms with Crippen molar-refractivity contribution in [1.29, 1.82) is 0 Å². The summed E-state index contributed by atoms with van der Waals surface area (Å²) < 4.78 is 16.7. The maximum Gasteiger partial charge on any atom is 0.239 e. The van der Waals surface area contributed by atoms with Crippen molar-refractivity contribution in [2.45, 2.75) is 30.7 Å². The van der Waals surface area contributed by atoms with Crippen molar-refractivity contribution in [2.75, 3.05) is 6.61 Å². The summed E-state index contributed by atoms with van der Waals surface area (Å²) in [7, 11) is 0. The Morgan fingerprint density at radius 2 is 1.68 bits per heavy atom. The van der Waals surface area contributed by atoms with Gasteiger partial charge in [0.1, 0.15) is 46.9 Å². The van der Waals surface area contributed by atoms with Crippen LogP contribution in [0.2, 0.25) is 0 Å². The largest absolute Gasteiger partial charge is 0.508 e. The number of aromatic hydroxyl groups is 2. The molecule has 10 heteroatoms. The molecule has 4 rings (SSSR count). The monoisotopic (exact) mass is 432 g/mol. The van der Waals surface area contributed by atoms with Gasteiger partial charge in [-0.05, 0) is 0 Å². The van der Waals surface area contributed by atoms with Crippen molar-refractivity contribution in [3.8, 4) is 28.6 Å². The predicted molar refractivity (Wildman–Crippen MR) is 106 cm³/mol. The molecule has 164 valence electrons. The summed E-state index contributed by atoms with van der Waals surface area (Å²) in [5, 5.41) is 59.3. The molecule has 1 aliphatic heterocycles. The lowest BCUT2D eigenvalue weighted by Crippen LogP contribution is -2.60. The Kier molecular flexibility index (Phi) is 5.56. The Bertz CT molecular complexity index is 1140. The van der Waals surface area contributed by atoms with Gasteiger partial charge in [0.25, 0.3) is 0 Å². The highest BCUT2D eigenvalue weighted by Gasteiger charge is 2.45. The SMILES string of the molecule is O=c1c(O[C@H]2O[C@@H](CO)[C@H](O)[C@@H](O)[C@@H]2O)c(-c2ccccc2)oc2cc(O)cc(O)c12. The van der Waals surface area contributed by atoms with Crippen LogP contribution < -0.4 is 10.2 Å². The second-order valence-corrected chi connectivity index (χ2v) is 7.11. The lowest BCUT2D eigenvalue weighted by atomic mass is 9.99. The fraction of sp³-hybridized carbons (Fsp3) is 0.286. The third-order valence-electron chi connectivity index (χ3n) is 5.04. The van der Waals surface area contributed by atoms with E-state index in [2.05, 4.69) is 0 Å². The highest BCUT2D eigenvalue weighted by atomic mass is 16.7. The van der Waals surface area contributed by atoms with E-state index >= 15 is 0 Å². The third kappa shape index (κ3) is 3.71. The van der Waals surface area contributed by atoms with Crippen LogP contribution in [0.15, 0.2) is 51.7 Å². The molecule has 2 aromatic carbocycles. The van der Waals surface area contributed by atoms with Crippen LogP contribution in [-0.4, -0.2) is 68.0 Å². The van der Waals surface area contributed by atoms with Gasteiger partial charge in [-0.2, -0.15) is 0 Å². The molecule has 2 heterocycles. The topological polar surface area (TPSA) is 170 Å². The number of ether oxygens (including phenoxy) is 2. The van der Waals surface area contributed by atoms with Crippen LogP contribution >= 0.6 is 0 Å². The van der Waals surface area contributed by atoms with E-state index in [0.29, 0.717) is 5.56 Å². The summed E-state index contributed by atoms with van der Waals surface area (Å²) >= 11 is 0. The van der Waals surface area contributed by atoms with E-state index in [4.69, 9.17) is 13.9 Å². The molecule has 6 N–H and O–H groups in total. The van der Waals surface area contributed by atoms with Crippen LogP contribution in [0, 0.1) is 0 Å². The number of hydrogen-bond donors (Lipinski definition) is 6. The third-order valence-corrected chi connectivity index (χ3v) is 5.04. The first-order chi connectivity index (χ1) is 14.8. The molecule has 31 heavy (non-hydrogen) atoms. The minimum Gasteiger partial charge on any atom is -0.508 e. The van der Waals surface area contributed by atoms with Crippen LogP contribution in [0.4, 0.5) is 0 Å². The van der Waals surface area contributed by atoms with Crippen molar-refractivity contribution in [2.24, 2.45) is 0 Å². The van der Waals surface area contributed by atoms with Crippen LogP contribution in [0.5, 0.6) is 17.2 Å². The molecule has 1 aromatic heterocycles. The van der Waals surface area contributed by atoms with E-state index in [9.17, 15) is 35.4 Å². The van der Waals surface area contributed by atoms with Gasteiger partial charge in [0.05, 0.1) is 6.61 Å². The zero-order valence-corrected chi connectivity index (χ0v) is 16.0. The highest BCUT2D eigenvalue weighted by Crippen LogP contribution is 2.36. The second-order valence-electron chi connectivity index (χ2n) is 7.11. The summed E-state index contributed by atoms with van der Waals surface area (Å²) in [5.41, 5.74) is -0.527. The molecule has 1 fully saturated rings. The van der Waals surface area contributed by atoms with Gasteiger partial charge in [-0.25, -0.2) is 0 Å². The molecule has 1 aliphatic rings. The van der Waals surface area contributed by atoms with Gasteiger partial charge in [-0.1, -0.05) is 30.3 Å². The number of aliphatic hydroxyl groups is 4.